The Kier molecular flexibility index (Phi) is 6.09. The first-order chi connectivity index (χ1) is 16.7. The van der Waals surface area contributed by atoms with E-state index < -0.39 is 0 Å². The van der Waals surface area contributed by atoms with Crippen molar-refractivity contribution in [2.75, 3.05) is 7.11 Å². The molecule has 0 amide bonds. The van der Waals surface area contributed by atoms with Crippen molar-refractivity contribution < 1.29 is 4.74 Å². The Morgan fingerprint density at radius 2 is 1.32 bits per heavy atom. The van der Waals surface area contributed by atoms with E-state index >= 15 is 0 Å². The third kappa shape index (κ3) is 4.41. The fourth-order valence-corrected chi connectivity index (χ4v) is 4.12. The van der Waals surface area contributed by atoms with Crippen molar-refractivity contribution in [1.29, 1.82) is 0 Å². The Morgan fingerprint density at radius 3 is 1.94 bits per heavy atom. The second-order valence-electron chi connectivity index (χ2n) is 8.19. The number of benzene rings is 4. The van der Waals surface area contributed by atoms with Crippen LogP contribution in [0.3, 0.4) is 0 Å². The Morgan fingerprint density at radius 1 is 0.706 bits per heavy atom. The molecule has 0 aliphatic rings. The minimum atomic E-state index is 0.820. The SMILES string of the molecule is COc1ccc(N=Cc2cc(-c3ccccc3)n(-c3ccc(C)cc3)c2-c2ccccc2)cc1. The monoisotopic (exact) mass is 442 g/mol. The third-order valence-electron chi connectivity index (χ3n) is 5.86. The van der Waals surface area contributed by atoms with Crippen LogP contribution in [0.4, 0.5) is 5.69 Å². The lowest BCUT2D eigenvalue weighted by atomic mass is 10.1. The summed E-state index contributed by atoms with van der Waals surface area (Å²) in [4.78, 5) is 4.80. The van der Waals surface area contributed by atoms with Gasteiger partial charge in [0.1, 0.15) is 5.75 Å². The number of rotatable bonds is 6. The second kappa shape index (κ2) is 9.63. The molecule has 5 aromatic rings. The summed E-state index contributed by atoms with van der Waals surface area (Å²) in [6.07, 6.45) is 1.96. The van der Waals surface area contributed by atoms with Crippen LogP contribution in [-0.4, -0.2) is 17.9 Å². The zero-order valence-corrected chi connectivity index (χ0v) is 19.3. The molecule has 1 heterocycles. The van der Waals surface area contributed by atoms with Gasteiger partial charge in [-0.25, -0.2) is 0 Å². The first kappa shape index (κ1) is 21.5. The van der Waals surface area contributed by atoms with Gasteiger partial charge in [-0.05, 0) is 60.5 Å². The van der Waals surface area contributed by atoms with E-state index in [0.29, 0.717) is 0 Å². The third-order valence-corrected chi connectivity index (χ3v) is 5.86. The lowest BCUT2D eigenvalue weighted by Crippen LogP contribution is -2.00. The molecule has 0 aliphatic heterocycles. The summed E-state index contributed by atoms with van der Waals surface area (Å²) in [5, 5.41) is 0. The van der Waals surface area contributed by atoms with Crippen molar-refractivity contribution in [3.8, 4) is 34.0 Å². The summed E-state index contributed by atoms with van der Waals surface area (Å²) < 4.78 is 7.61. The molecule has 34 heavy (non-hydrogen) atoms. The number of hydrogen-bond donors (Lipinski definition) is 0. The van der Waals surface area contributed by atoms with Crippen LogP contribution in [0.5, 0.6) is 5.75 Å². The van der Waals surface area contributed by atoms with Crippen LogP contribution in [0.15, 0.2) is 120 Å². The van der Waals surface area contributed by atoms with E-state index in [1.807, 2.05) is 42.6 Å². The second-order valence-corrected chi connectivity index (χ2v) is 8.19. The summed E-state index contributed by atoms with van der Waals surface area (Å²) in [6, 6.07) is 39.7. The fourth-order valence-electron chi connectivity index (χ4n) is 4.12. The lowest BCUT2D eigenvalue weighted by Gasteiger charge is -2.15. The molecule has 3 heteroatoms. The highest BCUT2D eigenvalue weighted by molar-refractivity contribution is 5.94. The summed E-state index contributed by atoms with van der Waals surface area (Å²) in [5.41, 5.74) is 8.82. The Hall–Kier alpha value is -4.37. The molecule has 0 spiro atoms. The molecule has 0 fully saturated rings. The molecule has 0 bridgehead atoms. The zero-order valence-electron chi connectivity index (χ0n) is 19.3. The Bertz CT molecular complexity index is 1400. The van der Waals surface area contributed by atoms with Gasteiger partial charge in [-0.2, -0.15) is 0 Å². The quantitative estimate of drug-likeness (QED) is 0.246. The van der Waals surface area contributed by atoms with Crippen molar-refractivity contribution in [3.05, 3.63) is 126 Å². The average molecular weight is 443 g/mol. The number of methoxy groups -OCH3 is 1. The molecule has 5 rings (SSSR count). The first-order valence-electron chi connectivity index (χ1n) is 11.3. The zero-order chi connectivity index (χ0) is 23.3. The van der Waals surface area contributed by atoms with E-state index in [4.69, 9.17) is 9.73 Å². The molecule has 1 aromatic heterocycles. The van der Waals surface area contributed by atoms with E-state index in [0.717, 1.165) is 45.2 Å². The van der Waals surface area contributed by atoms with E-state index in [1.54, 1.807) is 7.11 Å². The van der Waals surface area contributed by atoms with Crippen molar-refractivity contribution in [3.63, 3.8) is 0 Å². The van der Waals surface area contributed by atoms with Crippen LogP contribution in [0.2, 0.25) is 0 Å². The molecule has 0 atom stereocenters. The average Bonchev–Trinajstić information content (AvgIpc) is 3.29. The topological polar surface area (TPSA) is 26.5 Å². The van der Waals surface area contributed by atoms with Crippen LogP contribution in [0, 0.1) is 6.92 Å². The largest absolute Gasteiger partial charge is 0.497 e. The van der Waals surface area contributed by atoms with Gasteiger partial charge in [-0.15, -0.1) is 0 Å². The van der Waals surface area contributed by atoms with Crippen LogP contribution in [0.1, 0.15) is 11.1 Å². The van der Waals surface area contributed by atoms with Crippen molar-refractivity contribution in [2.24, 2.45) is 4.99 Å². The maximum Gasteiger partial charge on any atom is 0.119 e. The summed E-state index contributed by atoms with van der Waals surface area (Å²) >= 11 is 0. The maximum absolute atomic E-state index is 5.28. The van der Waals surface area contributed by atoms with E-state index in [1.165, 1.54) is 5.56 Å². The van der Waals surface area contributed by atoms with Crippen LogP contribution in [-0.2, 0) is 0 Å². The summed E-state index contributed by atoms with van der Waals surface area (Å²) in [7, 11) is 1.67. The minimum absolute atomic E-state index is 0.820. The molecule has 0 saturated carbocycles. The predicted molar refractivity (Wildman–Crippen MR) is 142 cm³/mol. The lowest BCUT2D eigenvalue weighted by molar-refractivity contribution is 0.415. The van der Waals surface area contributed by atoms with Crippen LogP contribution >= 0.6 is 0 Å². The van der Waals surface area contributed by atoms with Gasteiger partial charge in [0.15, 0.2) is 0 Å². The number of aromatic nitrogens is 1. The number of nitrogens with zero attached hydrogens (tertiary/aromatic N) is 2. The van der Waals surface area contributed by atoms with Gasteiger partial charge in [-0.1, -0.05) is 78.4 Å². The molecule has 0 unspecified atom stereocenters. The van der Waals surface area contributed by atoms with Gasteiger partial charge < -0.3 is 9.30 Å². The first-order valence-corrected chi connectivity index (χ1v) is 11.3. The van der Waals surface area contributed by atoms with Crippen LogP contribution < -0.4 is 4.74 Å². The van der Waals surface area contributed by atoms with E-state index in [2.05, 4.69) is 90.4 Å². The van der Waals surface area contributed by atoms with E-state index in [-0.39, 0.29) is 0 Å². The van der Waals surface area contributed by atoms with Crippen molar-refractivity contribution in [1.82, 2.24) is 4.57 Å². The maximum atomic E-state index is 5.28. The molecule has 0 aliphatic carbocycles. The van der Waals surface area contributed by atoms with Crippen LogP contribution in [0.25, 0.3) is 28.2 Å². The van der Waals surface area contributed by atoms with Gasteiger partial charge in [-0.3, -0.25) is 4.99 Å². The standard InChI is InChI=1S/C31H26N2O/c1-23-13-17-28(18-14-23)33-30(24-9-5-3-6-10-24)21-26(31(33)25-11-7-4-8-12-25)22-32-27-15-19-29(34-2)20-16-27/h3-22H,1-2H3. The number of ether oxygens (including phenoxy) is 1. The van der Waals surface area contributed by atoms with Gasteiger partial charge in [0.2, 0.25) is 0 Å². The molecular weight excluding hydrogens is 416 g/mol. The number of aliphatic imine (C=N–C) groups is 1. The van der Waals surface area contributed by atoms with Gasteiger partial charge >= 0.3 is 0 Å². The molecule has 166 valence electrons. The van der Waals surface area contributed by atoms with Gasteiger partial charge in [0, 0.05) is 17.5 Å². The minimum Gasteiger partial charge on any atom is -0.497 e. The van der Waals surface area contributed by atoms with E-state index in [9.17, 15) is 0 Å². The molecule has 4 aromatic carbocycles. The van der Waals surface area contributed by atoms with Crippen molar-refractivity contribution in [2.45, 2.75) is 6.92 Å². The predicted octanol–water partition coefficient (Wildman–Crippen LogP) is 7.88. The highest BCUT2D eigenvalue weighted by Crippen LogP contribution is 2.35. The highest BCUT2D eigenvalue weighted by Gasteiger charge is 2.18. The number of hydrogen-bond acceptors (Lipinski definition) is 2. The number of aryl methyl sites for hydroxylation is 1. The Balaban J connectivity index is 1.73. The Labute approximate surface area is 200 Å². The molecule has 3 nitrogen and oxygen atoms in total. The smallest absolute Gasteiger partial charge is 0.119 e. The normalized spacial score (nSPS) is 11.1. The van der Waals surface area contributed by atoms with Gasteiger partial charge in [0.25, 0.3) is 0 Å². The fraction of sp³-hybridized carbons (Fsp3) is 0.0645. The van der Waals surface area contributed by atoms with Crippen molar-refractivity contribution >= 4 is 11.9 Å². The van der Waals surface area contributed by atoms with Gasteiger partial charge in [0.05, 0.1) is 24.2 Å². The summed E-state index contributed by atoms with van der Waals surface area (Å²) in [6.45, 7) is 2.11. The molecule has 0 N–H and O–H groups in total. The molecule has 0 radical (unpaired) electrons. The molecule has 0 saturated heterocycles. The summed E-state index contributed by atoms with van der Waals surface area (Å²) in [5.74, 6) is 0.820. The molecular formula is C31H26N2O. The highest BCUT2D eigenvalue weighted by atomic mass is 16.5.